The first-order valence-corrected chi connectivity index (χ1v) is 7.39. The van der Waals surface area contributed by atoms with Crippen LogP contribution in [0.15, 0.2) is 78.4 Å². The van der Waals surface area contributed by atoms with Gasteiger partial charge in [0.15, 0.2) is 0 Å². The van der Waals surface area contributed by atoms with Crippen LogP contribution in [-0.4, -0.2) is 5.91 Å². The molecule has 0 saturated carbocycles. The fourth-order valence-electron chi connectivity index (χ4n) is 2.84. The molecule has 106 valence electrons. The Bertz CT molecular complexity index is 950. The van der Waals surface area contributed by atoms with Crippen LogP contribution in [0.5, 0.6) is 0 Å². The van der Waals surface area contributed by atoms with Gasteiger partial charge in [-0.1, -0.05) is 48.6 Å². The van der Waals surface area contributed by atoms with E-state index in [2.05, 4.69) is 35.6 Å². The number of carbonyl (C=O) groups is 1. The molecule has 1 N–H and O–H groups in total. The third-order valence-corrected chi connectivity index (χ3v) is 4.03. The average Bonchev–Trinajstić information content (AvgIpc) is 3.07. The van der Waals surface area contributed by atoms with Crippen molar-refractivity contribution in [2.24, 2.45) is 0 Å². The van der Waals surface area contributed by atoms with Gasteiger partial charge in [0.2, 0.25) is 0 Å². The maximum atomic E-state index is 12.1. The fraction of sp³-hybridized carbons (Fsp3) is 0.0500. The molecule has 3 aromatic rings. The maximum Gasteiger partial charge on any atom is 0.251 e. The first-order chi connectivity index (χ1) is 10.8. The van der Waals surface area contributed by atoms with Gasteiger partial charge in [-0.2, -0.15) is 0 Å². The van der Waals surface area contributed by atoms with Gasteiger partial charge in [0.1, 0.15) is 0 Å². The molecule has 1 amide bonds. The van der Waals surface area contributed by atoms with Crippen LogP contribution < -0.4 is 5.32 Å². The van der Waals surface area contributed by atoms with Crippen LogP contribution in [0.4, 0.5) is 5.69 Å². The number of carbonyl (C=O) groups excluding carboxylic acids is 1. The van der Waals surface area contributed by atoms with Crippen molar-refractivity contribution in [2.75, 3.05) is 5.32 Å². The van der Waals surface area contributed by atoms with Crippen molar-refractivity contribution < 1.29 is 4.79 Å². The number of anilines is 1. The second kappa shape index (κ2) is 5.15. The van der Waals surface area contributed by atoms with Crippen LogP contribution >= 0.6 is 0 Å². The smallest absolute Gasteiger partial charge is 0.251 e. The van der Waals surface area contributed by atoms with Gasteiger partial charge < -0.3 is 5.32 Å². The van der Waals surface area contributed by atoms with Gasteiger partial charge in [0.25, 0.3) is 5.91 Å². The normalized spacial score (nSPS) is 13.5. The molecular weight excluding hydrogens is 270 g/mol. The molecule has 0 radical (unpaired) electrons. The molecule has 0 spiro atoms. The molecule has 0 aliphatic heterocycles. The van der Waals surface area contributed by atoms with E-state index in [0.717, 1.165) is 16.6 Å². The van der Waals surface area contributed by atoms with Gasteiger partial charge in [-0.25, -0.2) is 0 Å². The summed E-state index contributed by atoms with van der Waals surface area (Å²) in [6, 6.07) is 18.7. The number of allylic oxidation sites excluding steroid dienone is 3. The Labute approximate surface area is 128 Å². The standard InChI is InChI=1S/C20H15NO/c22-20(14-5-1-2-6-14)21-19-10-9-17-11-15-7-3-4-8-16(15)12-18(17)13-19/h1-5,7-13H,6H2,(H,21,22). The van der Waals surface area contributed by atoms with Crippen LogP contribution in [0.25, 0.3) is 21.5 Å². The monoisotopic (exact) mass is 285 g/mol. The number of nitrogens with one attached hydrogen (secondary N) is 1. The highest BCUT2D eigenvalue weighted by molar-refractivity contribution is 6.06. The fourth-order valence-corrected chi connectivity index (χ4v) is 2.84. The Hall–Kier alpha value is -2.87. The van der Waals surface area contributed by atoms with Gasteiger partial charge in [-0.3, -0.25) is 4.79 Å². The lowest BCUT2D eigenvalue weighted by Gasteiger charge is -2.08. The Balaban J connectivity index is 1.70. The Kier molecular flexibility index (Phi) is 3.01. The number of hydrogen-bond acceptors (Lipinski definition) is 1. The first kappa shape index (κ1) is 12.8. The van der Waals surface area contributed by atoms with Gasteiger partial charge in [-0.15, -0.1) is 0 Å². The summed E-state index contributed by atoms with van der Waals surface area (Å²) in [5.74, 6) is -0.0230. The number of amides is 1. The minimum absolute atomic E-state index is 0.0230. The Morgan fingerprint density at radius 2 is 1.59 bits per heavy atom. The van der Waals surface area contributed by atoms with Crippen LogP contribution in [0.1, 0.15) is 6.42 Å². The highest BCUT2D eigenvalue weighted by atomic mass is 16.1. The minimum atomic E-state index is -0.0230. The quantitative estimate of drug-likeness (QED) is 0.672. The highest BCUT2D eigenvalue weighted by Crippen LogP contribution is 2.25. The molecule has 0 saturated heterocycles. The van der Waals surface area contributed by atoms with E-state index in [1.54, 1.807) is 0 Å². The molecule has 2 nitrogen and oxygen atoms in total. The summed E-state index contributed by atoms with van der Waals surface area (Å²) >= 11 is 0. The van der Waals surface area contributed by atoms with Gasteiger partial charge >= 0.3 is 0 Å². The van der Waals surface area contributed by atoms with E-state index >= 15 is 0 Å². The molecule has 1 aliphatic carbocycles. The number of fused-ring (bicyclic) bond motifs is 2. The zero-order chi connectivity index (χ0) is 14.9. The van der Waals surface area contributed by atoms with Crippen LogP contribution in [0.2, 0.25) is 0 Å². The topological polar surface area (TPSA) is 29.1 Å². The van der Waals surface area contributed by atoms with Gasteiger partial charge in [0, 0.05) is 11.3 Å². The Morgan fingerprint density at radius 1 is 0.864 bits per heavy atom. The van der Waals surface area contributed by atoms with Crippen LogP contribution in [0.3, 0.4) is 0 Å². The summed E-state index contributed by atoms with van der Waals surface area (Å²) in [6.45, 7) is 0. The third-order valence-electron chi connectivity index (χ3n) is 4.03. The minimum Gasteiger partial charge on any atom is -0.322 e. The lowest BCUT2D eigenvalue weighted by atomic mass is 10.0. The SMILES string of the molecule is O=C(Nc1ccc2cc3ccccc3cc2c1)C1=CC=CC1. The largest absolute Gasteiger partial charge is 0.322 e. The second-order valence-electron chi connectivity index (χ2n) is 5.54. The number of hydrogen-bond donors (Lipinski definition) is 1. The molecule has 0 aromatic heterocycles. The summed E-state index contributed by atoms with van der Waals surface area (Å²) in [7, 11) is 0. The van der Waals surface area contributed by atoms with E-state index in [9.17, 15) is 4.79 Å². The molecule has 4 rings (SSSR count). The molecule has 0 heterocycles. The maximum absolute atomic E-state index is 12.1. The first-order valence-electron chi connectivity index (χ1n) is 7.39. The van der Waals surface area contributed by atoms with E-state index in [0.29, 0.717) is 6.42 Å². The van der Waals surface area contributed by atoms with Crippen molar-refractivity contribution in [1.82, 2.24) is 0 Å². The average molecular weight is 285 g/mol. The number of benzene rings is 3. The van der Waals surface area contributed by atoms with Gasteiger partial charge in [-0.05, 0) is 52.2 Å². The van der Waals surface area contributed by atoms with Crippen molar-refractivity contribution in [3.05, 3.63) is 78.4 Å². The molecule has 3 aromatic carbocycles. The summed E-state index contributed by atoms with van der Waals surface area (Å²) in [5.41, 5.74) is 1.64. The molecule has 0 unspecified atom stereocenters. The van der Waals surface area contributed by atoms with Crippen molar-refractivity contribution >= 4 is 33.1 Å². The van der Waals surface area contributed by atoms with E-state index in [4.69, 9.17) is 0 Å². The molecule has 0 atom stereocenters. The summed E-state index contributed by atoms with van der Waals surface area (Å²) in [5, 5.41) is 7.73. The van der Waals surface area contributed by atoms with E-state index in [-0.39, 0.29) is 5.91 Å². The highest BCUT2D eigenvalue weighted by Gasteiger charge is 2.10. The lowest BCUT2D eigenvalue weighted by Crippen LogP contribution is -2.13. The molecule has 2 heteroatoms. The zero-order valence-corrected chi connectivity index (χ0v) is 12.0. The van der Waals surface area contributed by atoms with Crippen molar-refractivity contribution in [3.63, 3.8) is 0 Å². The Morgan fingerprint density at radius 3 is 2.32 bits per heavy atom. The molecule has 22 heavy (non-hydrogen) atoms. The molecule has 1 aliphatic rings. The summed E-state index contributed by atoms with van der Waals surface area (Å²) in [6.07, 6.45) is 6.48. The molecule has 0 fully saturated rings. The van der Waals surface area contributed by atoms with E-state index < -0.39 is 0 Å². The molecular formula is C20H15NO. The van der Waals surface area contributed by atoms with Crippen molar-refractivity contribution in [2.45, 2.75) is 6.42 Å². The predicted octanol–water partition coefficient (Wildman–Crippen LogP) is 4.82. The van der Waals surface area contributed by atoms with Crippen molar-refractivity contribution in [3.8, 4) is 0 Å². The second-order valence-corrected chi connectivity index (χ2v) is 5.54. The number of rotatable bonds is 2. The molecule has 0 bridgehead atoms. The summed E-state index contributed by atoms with van der Waals surface area (Å²) < 4.78 is 0. The third kappa shape index (κ3) is 2.29. The van der Waals surface area contributed by atoms with E-state index in [1.807, 2.05) is 42.5 Å². The lowest BCUT2D eigenvalue weighted by molar-refractivity contribution is -0.112. The van der Waals surface area contributed by atoms with Gasteiger partial charge in [0.05, 0.1) is 0 Å². The van der Waals surface area contributed by atoms with Crippen LogP contribution in [-0.2, 0) is 4.79 Å². The van der Waals surface area contributed by atoms with Crippen LogP contribution in [0, 0.1) is 0 Å². The summed E-state index contributed by atoms with van der Waals surface area (Å²) in [4.78, 5) is 12.1. The van der Waals surface area contributed by atoms with Crippen molar-refractivity contribution in [1.29, 1.82) is 0 Å². The predicted molar refractivity (Wildman–Crippen MR) is 91.9 cm³/mol. The van der Waals surface area contributed by atoms with E-state index in [1.165, 1.54) is 16.2 Å². The zero-order valence-electron chi connectivity index (χ0n) is 12.0.